The number of aromatic nitrogens is 3. The van der Waals surface area contributed by atoms with Crippen molar-refractivity contribution >= 4 is 38.1 Å². The fraction of sp³-hybridized carbons (Fsp3) is 0.0526. The Morgan fingerprint density at radius 2 is 1.62 bits per heavy atom. The van der Waals surface area contributed by atoms with E-state index in [4.69, 9.17) is 0 Å². The first-order valence-electron chi connectivity index (χ1n) is 7.98. The molecule has 0 aliphatic heterocycles. The summed E-state index contributed by atoms with van der Waals surface area (Å²) in [4.78, 5) is 10.7. The van der Waals surface area contributed by atoms with Gasteiger partial charge in [-0.25, -0.2) is 4.68 Å². The Bertz CT molecular complexity index is 1050. The standard InChI is InChI=1S/C19H14BrN5O/c20-19-10-5-14(17-3-1-2-4-18(17)19)11-25(24-12-21-22-13-24)16-8-6-15(23-26)7-9-16/h1-10,12-13H,11H2. The minimum absolute atomic E-state index is 0.395. The second kappa shape index (κ2) is 7.05. The largest absolute Gasteiger partial charge is 0.274 e. The highest BCUT2D eigenvalue weighted by atomic mass is 79.9. The number of halogens is 1. The molecule has 0 radical (unpaired) electrons. The third-order valence-electron chi connectivity index (χ3n) is 4.22. The van der Waals surface area contributed by atoms with Crippen LogP contribution in [-0.2, 0) is 6.54 Å². The second-order valence-corrected chi connectivity index (χ2v) is 6.61. The van der Waals surface area contributed by atoms with Crippen LogP contribution in [0.3, 0.4) is 0 Å². The highest BCUT2D eigenvalue weighted by Crippen LogP contribution is 2.29. The lowest BCUT2D eigenvalue weighted by Gasteiger charge is -2.25. The maximum absolute atomic E-state index is 10.7. The first-order chi connectivity index (χ1) is 12.8. The van der Waals surface area contributed by atoms with Crippen LogP contribution in [0.5, 0.6) is 0 Å². The van der Waals surface area contributed by atoms with Gasteiger partial charge in [0.2, 0.25) is 0 Å². The molecule has 4 rings (SSSR count). The molecule has 0 N–H and O–H groups in total. The number of hydrogen-bond acceptors (Lipinski definition) is 5. The Hall–Kier alpha value is -3.06. The molecule has 7 heteroatoms. The SMILES string of the molecule is O=Nc1ccc(N(Cc2ccc(Br)c3ccccc23)n2cnnc2)cc1. The smallest absolute Gasteiger partial charge is 0.139 e. The molecule has 0 saturated carbocycles. The molecule has 0 saturated heterocycles. The zero-order valence-corrected chi connectivity index (χ0v) is 15.2. The normalized spacial score (nSPS) is 10.8. The van der Waals surface area contributed by atoms with Gasteiger partial charge in [-0.2, -0.15) is 0 Å². The molecule has 1 aromatic heterocycles. The summed E-state index contributed by atoms with van der Waals surface area (Å²) < 4.78 is 2.88. The van der Waals surface area contributed by atoms with Crippen molar-refractivity contribution in [2.24, 2.45) is 5.18 Å². The van der Waals surface area contributed by atoms with E-state index in [0.29, 0.717) is 12.2 Å². The highest BCUT2D eigenvalue weighted by molar-refractivity contribution is 9.10. The van der Waals surface area contributed by atoms with Crippen molar-refractivity contribution in [1.82, 2.24) is 14.9 Å². The van der Waals surface area contributed by atoms with E-state index < -0.39 is 0 Å². The minimum atomic E-state index is 0.395. The van der Waals surface area contributed by atoms with E-state index in [9.17, 15) is 4.91 Å². The van der Waals surface area contributed by atoms with Crippen LogP contribution in [0.1, 0.15) is 5.56 Å². The van der Waals surface area contributed by atoms with Gasteiger partial charge in [-0.05, 0) is 51.8 Å². The number of nitroso groups, excluding NO2 is 1. The molecule has 0 bridgehead atoms. The number of rotatable bonds is 5. The zero-order chi connectivity index (χ0) is 17.9. The maximum atomic E-state index is 10.7. The summed E-state index contributed by atoms with van der Waals surface area (Å²) in [6.07, 6.45) is 3.29. The Morgan fingerprint density at radius 1 is 0.923 bits per heavy atom. The summed E-state index contributed by atoms with van der Waals surface area (Å²) in [5.41, 5.74) is 2.46. The zero-order valence-electron chi connectivity index (χ0n) is 13.7. The summed E-state index contributed by atoms with van der Waals surface area (Å²) in [7, 11) is 0. The third kappa shape index (κ3) is 3.09. The number of nitrogens with zero attached hydrogens (tertiary/aromatic N) is 5. The molecule has 6 nitrogen and oxygen atoms in total. The fourth-order valence-corrected chi connectivity index (χ4v) is 3.41. The van der Waals surface area contributed by atoms with Gasteiger partial charge in [0.05, 0.1) is 12.2 Å². The molecular formula is C19H14BrN5O. The van der Waals surface area contributed by atoms with Gasteiger partial charge in [0.15, 0.2) is 0 Å². The van der Waals surface area contributed by atoms with E-state index in [1.165, 1.54) is 5.39 Å². The van der Waals surface area contributed by atoms with Crippen LogP contribution < -0.4 is 5.01 Å². The van der Waals surface area contributed by atoms with Gasteiger partial charge in [0.25, 0.3) is 0 Å². The van der Waals surface area contributed by atoms with Gasteiger partial charge in [-0.1, -0.05) is 46.3 Å². The first-order valence-corrected chi connectivity index (χ1v) is 8.77. The van der Waals surface area contributed by atoms with E-state index in [0.717, 1.165) is 21.1 Å². The molecular weight excluding hydrogens is 394 g/mol. The number of benzene rings is 3. The number of fused-ring (bicyclic) bond motifs is 1. The van der Waals surface area contributed by atoms with Crippen LogP contribution in [-0.4, -0.2) is 14.9 Å². The third-order valence-corrected chi connectivity index (χ3v) is 4.91. The van der Waals surface area contributed by atoms with Gasteiger partial charge in [0, 0.05) is 4.47 Å². The number of hydrogen-bond donors (Lipinski definition) is 0. The highest BCUT2D eigenvalue weighted by Gasteiger charge is 2.13. The maximum Gasteiger partial charge on any atom is 0.139 e. The van der Waals surface area contributed by atoms with Gasteiger partial charge < -0.3 is 0 Å². The van der Waals surface area contributed by atoms with E-state index in [-0.39, 0.29) is 0 Å². The van der Waals surface area contributed by atoms with Crippen molar-refractivity contribution in [2.45, 2.75) is 6.54 Å². The lowest BCUT2D eigenvalue weighted by atomic mass is 10.0. The molecule has 0 amide bonds. The number of anilines is 1. The summed E-state index contributed by atoms with van der Waals surface area (Å²) in [5, 5.41) is 15.2. The van der Waals surface area contributed by atoms with E-state index >= 15 is 0 Å². The van der Waals surface area contributed by atoms with Gasteiger partial charge in [-0.15, -0.1) is 15.1 Å². The lowest BCUT2D eigenvalue weighted by Crippen LogP contribution is -2.27. The fourth-order valence-electron chi connectivity index (χ4n) is 2.94. The Balaban J connectivity index is 1.79. The summed E-state index contributed by atoms with van der Waals surface area (Å²) >= 11 is 3.62. The van der Waals surface area contributed by atoms with Crippen LogP contribution in [0.15, 0.2) is 83.0 Å². The molecule has 1 heterocycles. The Labute approximate surface area is 158 Å². The molecule has 0 atom stereocenters. The molecule has 0 aliphatic carbocycles. The Morgan fingerprint density at radius 3 is 2.31 bits per heavy atom. The van der Waals surface area contributed by atoms with Gasteiger partial charge >= 0.3 is 0 Å². The van der Waals surface area contributed by atoms with E-state index in [2.05, 4.69) is 55.6 Å². The van der Waals surface area contributed by atoms with Crippen molar-refractivity contribution in [2.75, 3.05) is 5.01 Å². The minimum Gasteiger partial charge on any atom is -0.274 e. The predicted molar refractivity (Wildman–Crippen MR) is 105 cm³/mol. The first kappa shape index (κ1) is 16.4. The van der Waals surface area contributed by atoms with Crippen LogP contribution in [0, 0.1) is 4.91 Å². The molecule has 26 heavy (non-hydrogen) atoms. The van der Waals surface area contributed by atoms with Crippen LogP contribution in [0.4, 0.5) is 11.4 Å². The Kier molecular flexibility index (Phi) is 4.45. The van der Waals surface area contributed by atoms with Crippen LogP contribution in [0.25, 0.3) is 10.8 Å². The van der Waals surface area contributed by atoms with Crippen LogP contribution in [0.2, 0.25) is 0 Å². The monoisotopic (exact) mass is 407 g/mol. The second-order valence-electron chi connectivity index (χ2n) is 5.76. The molecule has 0 unspecified atom stereocenters. The molecule has 128 valence electrons. The van der Waals surface area contributed by atoms with Crippen molar-refractivity contribution < 1.29 is 0 Å². The molecule has 0 fully saturated rings. The predicted octanol–water partition coefficient (Wildman–Crippen LogP) is 5.06. The van der Waals surface area contributed by atoms with E-state index in [1.807, 2.05) is 34.0 Å². The molecule has 0 spiro atoms. The van der Waals surface area contributed by atoms with Crippen molar-refractivity contribution in [3.63, 3.8) is 0 Å². The summed E-state index contributed by atoms with van der Waals surface area (Å²) in [6, 6.07) is 19.5. The van der Waals surface area contributed by atoms with Crippen molar-refractivity contribution in [3.05, 3.63) is 88.3 Å². The topological polar surface area (TPSA) is 63.4 Å². The quantitative estimate of drug-likeness (QED) is 0.433. The van der Waals surface area contributed by atoms with Crippen molar-refractivity contribution in [1.29, 1.82) is 0 Å². The van der Waals surface area contributed by atoms with Crippen molar-refractivity contribution in [3.8, 4) is 0 Å². The average molecular weight is 408 g/mol. The van der Waals surface area contributed by atoms with Gasteiger partial charge in [-0.3, -0.25) is 5.01 Å². The summed E-state index contributed by atoms with van der Waals surface area (Å²) in [6.45, 7) is 0.611. The molecule has 0 aliphatic rings. The average Bonchev–Trinajstić information content (AvgIpc) is 3.22. The molecule has 4 aromatic rings. The molecule has 3 aromatic carbocycles. The van der Waals surface area contributed by atoms with E-state index in [1.54, 1.807) is 24.8 Å². The van der Waals surface area contributed by atoms with Gasteiger partial charge in [0.1, 0.15) is 18.3 Å². The summed E-state index contributed by atoms with van der Waals surface area (Å²) in [5.74, 6) is 0. The van der Waals surface area contributed by atoms with Crippen LogP contribution >= 0.6 is 15.9 Å². The lowest BCUT2D eigenvalue weighted by molar-refractivity contribution is 0.688.